The van der Waals surface area contributed by atoms with Gasteiger partial charge in [-0.1, -0.05) is 22.9 Å². The Hall–Kier alpha value is 0.300. The lowest BCUT2D eigenvalue weighted by atomic mass is 11.0. The van der Waals surface area contributed by atoms with E-state index in [1.807, 2.05) is 0 Å². The average molecular weight is 208 g/mol. The van der Waals surface area contributed by atoms with Gasteiger partial charge >= 0.3 is 0 Å². The molecule has 1 rings (SSSR count). The summed E-state index contributed by atoms with van der Waals surface area (Å²) in [6.07, 6.45) is 1.53. The summed E-state index contributed by atoms with van der Waals surface area (Å²) in [5, 5.41) is 0.519. The van der Waals surface area contributed by atoms with Crippen molar-refractivity contribution >= 4 is 52.9 Å². The molecule has 0 aliphatic heterocycles. The number of nitrogens with zero attached hydrogens (tertiary/aromatic N) is 1. The lowest BCUT2D eigenvalue weighted by Crippen LogP contribution is -1.77. The van der Waals surface area contributed by atoms with Gasteiger partial charge in [0.15, 0.2) is 5.13 Å². The first-order chi connectivity index (χ1) is 3.29. The Kier molecular flexibility index (Phi) is 6.83. The minimum absolute atomic E-state index is 0. The van der Waals surface area contributed by atoms with Crippen molar-refractivity contribution in [1.29, 1.82) is 0 Å². The van der Waals surface area contributed by atoms with Gasteiger partial charge in [-0.25, -0.2) is 4.98 Å². The fourth-order valence-corrected chi connectivity index (χ4v) is 0.964. The Bertz CT molecular complexity index is 149. The van der Waals surface area contributed by atoms with Crippen molar-refractivity contribution in [2.45, 2.75) is 0 Å². The Morgan fingerprint density at radius 1 is 1.56 bits per heavy atom. The van der Waals surface area contributed by atoms with E-state index in [0.29, 0.717) is 9.47 Å². The van der Waals surface area contributed by atoms with Crippen molar-refractivity contribution in [2.75, 3.05) is 5.73 Å². The van der Waals surface area contributed by atoms with Crippen LogP contribution in [0.4, 0.5) is 5.13 Å². The molecule has 2 nitrogen and oxygen atoms in total. The molecule has 2 N–H and O–H groups in total. The Morgan fingerprint density at radius 2 is 2.11 bits per heavy atom. The molecule has 1 heterocycles. The summed E-state index contributed by atoms with van der Waals surface area (Å²) in [7, 11) is 0. The molecule has 0 atom stereocenters. The fourth-order valence-electron chi connectivity index (χ4n) is 0.267. The number of hydrogen-bond donors (Lipinski definition) is 1. The molecule has 0 radical (unpaired) electrons. The van der Waals surface area contributed by atoms with Gasteiger partial charge in [0.25, 0.3) is 0 Å². The van der Waals surface area contributed by atoms with Crippen LogP contribution in [-0.4, -0.2) is 4.98 Å². The van der Waals surface area contributed by atoms with Crippen LogP contribution in [0.1, 0.15) is 0 Å². The zero-order valence-electron chi connectivity index (χ0n) is 4.20. The second-order valence-electron chi connectivity index (χ2n) is 1.00. The lowest BCUT2D eigenvalue weighted by Gasteiger charge is -1.68. The van der Waals surface area contributed by atoms with Gasteiger partial charge in [0.1, 0.15) is 4.34 Å². The molecule has 6 heteroatoms. The van der Waals surface area contributed by atoms with E-state index in [4.69, 9.17) is 17.3 Å². The minimum Gasteiger partial charge on any atom is -0.375 e. The average Bonchev–Trinajstić information content (AvgIpc) is 1.87. The van der Waals surface area contributed by atoms with E-state index in [0.717, 1.165) is 0 Å². The maximum atomic E-state index is 5.44. The van der Waals surface area contributed by atoms with Gasteiger partial charge in [-0.05, 0) is 0 Å². The molecule has 0 saturated carbocycles. The van der Waals surface area contributed by atoms with Crippen LogP contribution in [0.3, 0.4) is 0 Å². The number of aromatic nitrogens is 1. The SMILES string of the molecule is Cl.Cl.Nc1ncc(Cl)s1. The van der Waals surface area contributed by atoms with Crippen LogP contribution in [0, 0.1) is 0 Å². The Morgan fingerprint density at radius 3 is 2.22 bits per heavy atom. The lowest BCUT2D eigenvalue weighted by molar-refractivity contribution is 1.43. The van der Waals surface area contributed by atoms with Gasteiger partial charge in [0, 0.05) is 0 Å². The van der Waals surface area contributed by atoms with E-state index in [9.17, 15) is 0 Å². The predicted octanol–water partition coefficient (Wildman–Crippen LogP) is 2.22. The largest absolute Gasteiger partial charge is 0.375 e. The maximum Gasteiger partial charge on any atom is 0.181 e. The number of nitrogen functional groups attached to an aromatic ring is 1. The predicted molar refractivity (Wildman–Crippen MR) is 46.0 cm³/mol. The third-order valence-corrected chi connectivity index (χ3v) is 1.44. The van der Waals surface area contributed by atoms with Crippen molar-refractivity contribution in [3.63, 3.8) is 0 Å². The van der Waals surface area contributed by atoms with Gasteiger partial charge < -0.3 is 5.73 Å². The van der Waals surface area contributed by atoms with Gasteiger partial charge in [0.2, 0.25) is 0 Å². The molecule has 0 aromatic carbocycles. The highest BCUT2D eigenvalue weighted by Gasteiger charge is 1.89. The normalized spacial score (nSPS) is 7.22. The van der Waals surface area contributed by atoms with Crippen LogP contribution < -0.4 is 5.73 Å². The fraction of sp³-hybridized carbons (Fsp3) is 0. The highest BCUT2D eigenvalue weighted by Crippen LogP contribution is 2.18. The number of rotatable bonds is 0. The van der Waals surface area contributed by atoms with E-state index in [1.54, 1.807) is 0 Å². The minimum atomic E-state index is 0. The summed E-state index contributed by atoms with van der Waals surface area (Å²) in [6.45, 7) is 0. The third-order valence-electron chi connectivity index (χ3n) is 0.495. The van der Waals surface area contributed by atoms with Gasteiger partial charge in [-0.15, -0.1) is 24.8 Å². The smallest absolute Gasteiger partial charge is 0.181 e. The molecule has 54 valence electrons. The molecule has 0 amide bonds. The molecule has 9 heavy (non-hydrogen) atoms. The molecule has 1 aromatic heterocycles. The van der Waals surface area contributed by atoms with Crippen LogP contribution >= 0.6 is 47.8 Å². The topological polar surface area (TPSA) is 38.9 Å². The molecule has 0 bridgehead atoms. The number of thiazole rings is 1. The monoisotopic (exact) mass is 206 g/mol. The third kappa shape index (κ3) is 3.81. The molecule has 0 spiro atoms. The van der Waals surface area contributed by atoms with Gasteiger partial charge in [-0.3, -0.25) is 0 Å². The standard InChI is InChI=1S/C3H3ClN2S.2ClH/c4-2-1-6-3(5)7-2;;/h1H,(H2,5,6);2*1H. The number of anilines is 1. The van der Waals surface area contributed by atoms with Crippen LogP contribution in [-0.2, 0) is 0 Å². The first-order valence-electron chi connectivity index (χ1n) is 1.66. The van der Waals surface area contributed by atoms with Crippen molar-refractivity contribution in [2.24, 2.45) is 0 Å². The highest BCUT2D eigenvalue weighted by atomic mass is 35.5. The quantitative estimate of drug-likeness (QED) is 0.708. The molecule has 1 aromatic rings. The summed E-state index contributed by atoms with van der Waals surface area (Å²) < 4.78 is 0.637. The molecule has 0 fully saturated rings. The molecular weight excluding hydrogens is 202 g/mol. The summed E-state index contributed by atoms with van der Waals surface area (Å²) in [5.41, 5.74) is 5.20. The molecule has 0 aliphatic carbocycles. The Labute approximate surface area is 74.2 Å². The van der Waals surface area contributed by atoms with Crippen LogP contribution in [0.15, 0.2) is 6.20 Å². The van der Waals surface area contributed by atoms with Crippen molar-refractivity contribution < 1.29 is 0 Å². The Balaban J connectivity index is 0. The maximum absolute atomic E-state index is 5.44. The molecule has 0 aliphatic rings. The molecular formula is C3H5Cl3N2S. The van der Waals surface area contributed by atoms with Crippen LogP contribution in [0.25, 0.3) is 0 Å². The molecule has 0 saturated heterocycles. The highest BCUT2D eigenvalue weighted by molar-refractivity contribution is 7.19. The van der Waals surface area contributed by atoms with Gasteiger partial charge in [0.05, 0.1) is 6.20 Å². The van der Waals surface area contributed by atoms with Crippen molar-refractivity contribution in [3.8, 4) is 0 Å². The van der Waals surface area contributed by atoms with E-state index < -0.39 is 0 Å². The van der Waals surface area contributed by atoms with E-state index >= 15 is 0 Å². The number of halogens is 3. The summed E-state index contributed by atoms with van der Waals surface area (Å²) in [5.74, 6) is 0. The van der Waals surface area contributed by atoms with E-state index in [-0.39, 0.29) is 24.8 Å². The molecule has 0 unspecified atom stereocenters. The zero-order valence-corrected chi connectivity index (χ0v) is 7.41. The second kappa shape index (κ2) is 5.11. The van der Waals surface area contributed by atoms with Crippen LogP contribution in [0.5, 0.6) is 0 Å². The van der Waals surface area contributed by atoms with Crippen molar-refractivity contribution in [3.05, 3.63) is 10.5 Å². The number of hydrogen-bond acceptors (Lipinski definition) is 3. The first kappa shape index (κ1) is 12.0. The zero-order chi connectivity index (χ0) is 5.28. The second-order valence-corrected chi connectivity index (χ2v) is 2.70. The summed E-state index contributed by atoms with van der Waals surface area (Å²) >= 11 is 6.71. The number of nitrogens with two attached hydrogens (primary N) is 1. The van der Waals surface area contributed by atoms with Crippen molar-refractivity contribution in [1.82, 2.24) is 4.98 Å². The summed E-state index contributed by atoms with van der Waals surface area (Å²) in [6, 6.07) is 0. The van der Waals surface area contributed by atoms with Gasteiger partial charge in [-0.2, -0.15) is 0 Å². The first-order valence-corrected chi connectivity index (χ1v) is 2.85. The summed E-state index contributed by atoms with van der Waals surface area (Å²) in [4.78, 5) is 3.68. The van der Waals surface area contributed by atoms with E-state index in [2.05, 4.69) is 4.98 Å². The van der Waals surface area contributed by atoms with E-state index in [1.165, 1.54) is 17.5 Å². The van der Waals surface area contributed by atoms with Crippen LogP contribution in [0.2, 0.25) is 4.34 Å².